The molecular formula is C13H12N4O7S. The molecule has 0 aliphatic rings. The van der Waals surface area contributed by atoms with Gasteiger partial charge in [-0.2, -0.15) is 13.4 Å². The fraction of sp³-hybridized carbons (Fsp3) is 0.0769. The van der Waals surface area contributed by atoms with Crippen LogP contribution in [0.15, 0.2) is 45.8 Å². The zero-order valence-corrected chi connectivity index (χ0v) is 13.5. The summed E-state index contributed by atoms with van der Waals surface area (Å²) >= 11 is 0. The number of hydrogen-bond donors (Lipinski definition) is 2. The van der Waals surface area contributed by atoms with Gasteiger partial charge in [-0.3, -0.25) is 14.9 Å². The van der Waals surface area contributed by atoms with Crippen LogP contribution >= 0.6 is 0 Å². The van der Waals surface area contributed by atoms with Gasteiger partial charge in [0.25, 0.3) is 15.8 Å². The van der Waals surface area contributed by atoms with Crippen molar-refractivity contribution in [3.05, 3.63) is 52.3 Å². The van der Waals surface area contributed by atoms with Gasteiger partial charge < -0.3 is 10.2 Å². The van der Waals surface area contributed by atoms with E-state index in [2.05, 4.69) is 9.28 Å². The lowest BCUT2D eigenvalue weighted by atomic mass is 10.1. The minimum absolute atomic E-state index is 0.0877. The second kappa shape index (κ2) is 7.11. The lowest BCUT2D eigenvalue weighted by Crippen LogP contribution is -2.34. The van der Waals surface area contributed by atoms with E-state index in [9.17, 15) is 23.3 Å². The standard InChI is InChI=1S/C13H12N4O7S/c1-25(21,22)24-16-13(14)15-12(18)11-7-6-10(23-11)8-4-2-3-5-9(8)17(19)20/h2-7H,1H3,(H3,14,15,16,18). The van der Waals surface area contributed by atoms with Gasteiger partial charge in [-0.25, -0.2) is 5.48 Å². The molecule has 2 rings (SSSR count). The molecule has 12 heteroatoms. The largest absolute Gasteiger partial charge is 0.451 e. The Kier molecular flexibility index (Phi) is 5.14. The van der Waals surface area contributed by atoms with Crippen LogP contribution in [0.2, 0.25) is 0 Å². The number of nitro benzene ring substituents is 1. The van der Waals surface area contributed by atoms with Crippen molar-refractivity contribution >= 4 is 27.7 Å². The van der Waals surface area contributed by atoms with E-state index in [1.165, 1.54) is 30.3 Å². The topological polar surface area (TPSA) is 167 Å². The van der Waals surface area contributed by atoms with E-state index >= 15 is 0 Å². The molecule has 132 valence electrons. The van der Waals surface area contributed by atoms with E-state index in [1.54, 1.807) is 11.5 Å². The molecule has 0 bridgehead atoms. The molecule has 11 nitrogen and oxygen atoms in total. The predicted octanol–water partition coefficient (Wildman–Crippen LogP) is 0.791. The van der Waals surface area contributed by atoms with Gasteiger partial charge in [-0.05, 0) is 18.2 Å². The number of rotatable bonds is 5. The minimum Gasteiger partial charge on any atom is -0.451 e. The number of aliphatic imine (C=N–C) groups is 1. The molecule has 25 heavy (non-hydrogen) atoms. The zero-order valence-electron chi connectivity index (χ0n) is 12.7. The highest BCUT2D eigenvalue weighted by atomic mass is 32.2. The van der Waals surface area contributed by atoms with Crippen LogP contribution in [0, 0.1) is 10.1 Å². The Labute approximate surface area is 141 Å². The SMILES string of the molecule is CS(=O)(=O)ONC(N)=NC(=O)c1ccc(-c2ccccc2[N+](=O)[O-])o1. The molecule has 0 unspecified atom stereocenters. The van der Waals surface area contributed by atoms with Crippen LogP contribution in [-0.2, 0) is 14.4 Å². The Hall–Kier alpha value is -3.25. The quantitative estimate of drug-likeness (QED) is 0.335. The number of para-hydroxylation sites is 1. The first-order chi connectivity index (χ1) is 11.7. The third-order valence-electron chi connectivity index (χ3n) is 2.70. The van der Waals surface area contributed by atoms with E-state index in [0.29, 0.717) is 0 Å². The van der Waals surface area contributed by atoms with Crippen molar-refractivity contribution in [1.29, 1.82) is 0 Å². The van der Waals surface area contributed by atoms with Gasteiger partial charge in [0, 0.05) is 6.07 Å². The number of nitrogens with one attached hydrogen (secondary N) is 1. The molecule has 1 heterocycles. The van der Waals surface area contributed by atoms with Crippen LogP contribution in [-0.4, -0.2) is 31.5 Å². The van der Waals surface area contributed by atoms with E-state index in [1.807, 2.05) is 0 Å². The van der Waals surface area contributed by atoms with Crippen molar-refractivity contribution in [3.8, 4) is 11.3 Å². The summed E-state index contributed by atoms with van der Waals surface area (Å²) in [7, 11) is -3.83. The number of hydrogen-bond acceptors (Lipinski definition) is 7. The molecule has 2 aromatic rings. The summed E-state index contributed by atoms with van der Waals surface area (Å²) in [4.78, 5) is 25.7. The number of nitrogens with two attached hydrogens (primary N) is 1. The molecule has 0 atom stereocenters. The smallest absolute Gasteiger partial charge is 0.315 e. The number of carbonyl (C=O) groups is 1. The molecule has 1 amide bonds. The number of furan rings is 1. The third-order valence-corrected chi connectivity index (χ3v) is 3.09. The van der Waals surface area contributed by atoms with Gasteiger partial charge in [-0.15, -0.1) is 4.28 Å². The molecule has 0 saturated carbocycles. The van der Waals surface area contributed by atoms with Gasteiger partial charge in [0.15, 0.2) is 5.76 Å². The van der Waals surface area contributed by atoms with Crippen LogP contribution in [0.5, 0.6) is 0 Å². The van der Waals surface area contributed by atoms with Gasteiger partial charge in [0.1, 0.15) is 5.76 Å². The second-order valence-electron chi connectivity index (χ2n) is 4.63. The average Bonchev–Trinajstić information content (AvgIpc) is 3.02. The fourth-order valence-electron chi connectivity index (χ4n) is 1.74. The van der Waals surface area contributed by atoms with Crippen LogP contribution in [0.3, 0.4) is 0 Å². The maximum absolute atomic E-state index is 11.9. The number of guanidine groups is 1. The lowest BCUT2D eigenvalue weighted by Gasteiger charge is -2.02. The Morgan fingerprint density at radius 1 is 1.32 bits per heavy atom. The highest BCUT2D eigenvalue weighted by Gasteiger charge is 2.19. The molecule has 0 aliphatic carbocycles. The van der Waals surface area contributed by atoms with Crippen molar-refractivity contribution in [2.75, 3.05) is 6.26 Å². The maximum Gasteiger partial charge on any atom is 0.315 e. The van der Waals surface area contributed by atoms with Crippen molar-refractivity contribution < 1.29 is 26.8 Å². The first kappa shape index (κ1) is 18.1. The minimum atomic E-state index is -3.83. The molecule has 1 aromatic carbocycles. The summed E-state index contributed by atoms with van der Waals surface area (Å²) in [5.41, 5.74) is 7.06. The average molecular weight is 368 g/mol. The molecule has 3 N–H and O–H groups in total. The fourth-order valence-corrected chi connectivity index (χ4v) is 1.98. The maximum atomic E-state index is 11.9. The molecule has 0 aliphatic heterocycles. The Morgan fingerprint density at radius 3 is 2.64 bits per heavy atom. The second-order valence-corrected chi connectivity index (χ2v) is 6.20. The number of nitro groups is 1. The molecule has 0 spiro atoms. The summed E-state index contributed by atoms with van der Waals surface area (Å²) in [5, 5.41) is 11.0. The van der Waals surface area contributed by atoms with Gasteiger partial charge in [0.05, 0.1) is 16.7 Å². The Bertz CT molecular complexity index is 949. The van der Waals surface area contributed by atoms with E-state index in [-0.39, 0.29) is 22.8 Å². The monoisotopic (exact) mass is 368 g/mol. The number of amides is 1. The highest BCUT2D eigenvalue weighted by molar-refractivity contribution is 7.85. The van der Waals surface area contributed by atoms with Crippen molar-refractivity contribution in [1.82, 2.24) is 5.48 Å². The van der Waals surface area contributed by atoms with E-state index < -0.39 is 26.9 Å². The molecular weight excluding hydrogens is 356 g/mol. The molecule has 0 radical (unpaired) electrons. The van der Waals surface area contributed by atoms with Crippen LogP contribution in [0.4, 0.5) is 5.69 Å². The Balaban J connectivity index is 2.21. The molecule has 0 fully saturated rings. The molecule has 0 saturated heterocycles. The van der Waals surface area contributed by atoms with E-state index in [0.717, 1.165) is 6.26 Å². The lowest BCUT2D eigenvalue weighted by molar-refractivity contribution is -0.384. The number of nitrogens with zero attached hydrogens (tertiary/aromatic N) is 2. The molecule has 1 aromatic heterocycles. The number of benzene rings is 1. The Morgan fingerprint density at radius 2 is 2.00 bits per heavy atom. The third kappa shape index (κ3) is 4.86. The highest BCUT2D eigenvalue weighted by Crippen LogP contribution is 2.30. The summed E-state index contributed by atoms with van der Waals surface area (Å²) in [6.07, 6.45) is 0.765. The van der Waals surface area contributed by atoms with Crippen LogP contribution in [0.1, 0.15) is 10.6 Å². The van der Waals surface area contributed by atoms with Crippen molar-refractivity contribution in [2.24, 2.45) is 10.7 Å². The van der Waals surface area contributed by atoms with Crippen LogP contribution in [0.25, 0.3) is 11.3 Å². The van der Waals surface area contributed by atoms with E-state index in [4.69, 9.17) is 10.2 Å². The normalized spacial score (nSPS) is 12.0. The number of hydroxylamine groups is 1. The predicted molar refractivity (Wildman–Crippen MR) is 85.8 cm³/mol. The van der Waals surface area contributed by atoms with Crippen molar-refractivity contribution in [3.63, 3.8) is 0 Å². The van der Waals surface area contributed by atoms with Gasteiger partial charge >= 0.3 is 5.91 Å². The van der Waals surface area contributed by atoms with Crippen molar-refractivity contribution in [2.45, 2.75) is 0 Å². The van der Waals surface area contributed by atoms with Crippen LogP contribution < -0.4 is 11.2 Å². The summed E-state index contributed by atoms with van der Waals surface area (Å²) in [6, 6.07) is 8.45. The summed E-state index contributed by atoms with van der Waals surface area (Å²) in [6.45, 7) is 0. The van der Waals surface area contributed by atoms with Gasteiger partial charge in [0.2, 0.25) is 5.96 Å². The first-order valence-electron chi connectivity index (χ1n) is 6.54. The first-order valence-corrected chi connectivity index (χ1v) is 8.35. The zero-order chi connectivity index (χ0) is 18.6. The summed E-state index contributed by atoms with van der Waals surface area (Å²) in [5.74, 6) is -1.71. The number of carbonyl (C=O) groups excluding carboxylic acids is 1. The van der Waals surface area contributed by atoms with Gasteiger partial charge in [-0.1, -0.05) is 12.1 Å². The summed E-state index contributed by atoms with van der Waals surface area (Å²) < 4.78 is 31.0.